The molecule has 0 spiro atoms. The summed E-state index contributed by atoms with van der Waals surface area (Å²) in [5.74, 6) is 0. The summed E-state index contributed by atoms with van der Waals surface area (Å²) >= 11 is 4.91. The Hall–Kier alpha value is -1.46. The molecule has 5 heteroatoms. The number of aldehydes is 1. The fourth-order valence-corrected chi connectivity index (χ4v) is 2.72. The molecule has 0 radical (unpaired) electrons. The summed E-state index contributed by atoms with van der Waals surface area (Å²) in [6.07, 6.45) is 2.71. The lowest BCUT2D eigenvalue weighted by atomic mass is 10.1. The first-order valence-corrected chi connectivity index (χ1v) is 6.63. The van der Waals surface area contributed by atoms with Crippen molar-refractivity contribution < 1.29 is 4.79 Å². The third-order valence-electron chi connectivity index (χ3n) is 2.53. The largest absolute Gasteiger partial charge is 0.296 e. The lowest BCUT2D eigenvalue weighted by molar-refractivity contribution is 0.111. The number of hydrogen-bond donors (Lipinski definition) is 0. The molecular formula is C12H7BrN2OS. The highest BCUT2D eigenvalue weighted by molar-refractivity contribution is 9.10. The minimum absolute atomic E-state index is 0.601. The molecule has 84 valence electrons. The van der Waals surface area contributed by atoms with E-state index in [4.69, 9.17) is 0 Å². The van der Waals surface area contributed by atoms with Crippen LogP contribution in [0.3, 0.4) is 0 Å². The first kappa shape index (κ1) is 10.7. The maximum atomic E-state index is 11.2. The second-order valence-corrected chi connectivity index (χ2v) is 5.31. The van der Waals surface area contributed by atoms with Crippen LogP contribution in [0.4, 0.5) is 0 Å². The predicted octanol–water partition coefficient (Wildman–Crippen LogP) is 3.64. The second kappa shape index (κ2) is 4.09. The van der Waals surface area contributed by atoms with Gasteiger partial charge in [-0.1, -0.05) is 28.1 Å². The van der Waals surface area contributed by atoms with Gasteiger partial charge in [-0.15, -0.1) is 11.3 Å². The summed E-state index contributed by atoms with van der Waals surface area (Å²) in [5, 5.41) is 1.92. The molecule has 3 rings (SSSR count). The molecule has 0 aliphatic rings. The smallest absolute Gasteiger partial charge is 0.194 e. The highest BCUT2D eigenvalue weighted by Crippen LogP contribution is 2.26. The summed E-state index contributed by atoms with van der Waals surface area (Å²) in [5.41, 5.74) is 2.29. The van der Waals surface area contributed by atoms with Gasteiger partial charge in [0, 0.05) is 21.6 Å². The van der Waals surface area contributed by atoms with E-state index < -0.39 is 0 Å². The average molecular weight is 307 g/mol. The quantitative estimate of drug-likeness (QED) is 0.677. The van der Waals surface area contributed by atoms with E-state index in [9.17, 15) is 4.79 Å². The van der Waals surface area contributed by atoms with E-state index in [0.29, 0.717) is 5.69 Å². The van der Waals surface area contributed by atoms with Crippen molar-refractivity contribution in [3.8, 4) is 11.3 Å². The van der Waals surface area contributed by atoms with E-state index in [-0.39, 0.29) is 0 Å². The lowest BCUT2D eigenvalue weighted by Crippen LogP contribution is -1.89. The van der Waals surface area contributed by atoms with Gasteiger partial charge in [0.2, 0.25) is 0 Å². The molecule has 1 aromatic carbocycles. The lowest BCUT2D eigenvalue weighted by Gasteiger charge is -1.98. The van der Waals surface area contributed by atoms with E-state index in [2.05, 4.69) is 20.9 Å². The van der Waals surface area contributed by atoms with Crippen molar-refractivity contribution in [2.24, 2.45) is 0 Å². The molecule has 0 unspecified atom stereocenters. The predicted molar refractivity (Wildman–Crippen MR) is 71.6 cm³/mol. The fourth-order valence-electron chi connectivity index (χ4n) is 1.74. The number of imidazole rings is 1. The van der Waals surface area contributed by atoms with Crippen molar-refractivity contribution in [1.82, 2.24) is 9.38 Å². The Morgan fingerprint density at radius 2 is 2.06 bits per heavy atom. The highest BCUT2D eigenvalue weighted by Gasteiger charge is 2.13. The Morgan fingerprint density at radius 1 is 1.29 bits per heavy atom. The number of benzene rings is 1. The number of carbonyl (C=O) groups excluding carboxylic acids is 1. The van der Waals surface area contributed by atoms with Gasteiger partial charge in [-0.05, 0) is 12.1 Å². The summed E-state index contributed by atoms with van der Waals surface area (Å²) in [6.45, 7) is 0. The van der Waals surface area contributed by atoms with E-state index in [0.717, 1.165) is 27.0 Å². The second-order valence-electron chi connectivity index (χ2n) is 3.53. The SMILES string of the molecule is O=Cc1c(-c2ccc(Br)cc2)nc2sccn12. The van der Waals surface area contributed by atoms with E-state index in [1.54, 1.807) is 0 Å². The molecule has 0 fully saturated rings. The molecule has 2 heterocycles. The van der Waals surface area contributed by atoms with Crippen molar-refractivity contribution in [2.75, 3.05) is 0 Å². The zero-order valence-electron chi connectivity index (χ0n) is 8.63. The number of rotatable bonds is 2. The van der Waals surface area contributed by atoms with Crippen molar-refractivity contribution >= 4 is 38.5 Å². The number of hydrogen-bond acceptors (Lipinski definition) is 3. The maximum absolute atomic E-state index is 11.2. The minimum atomic E-state index is 0.601. The normalized spacial score (nSPS) is 10.9. The average Bonchev–Trinajstić information content (AvgIpc) is 2.89. The third kappa shape index (κ3) is 1.71. The molecule has 0 bridgehead atoms. The van der Waals surface area contributed by atoms with Gasteiger partial charge in [0.15, 0.2) is 11.2 Å². The van der Waals surface area contributed by atoms with Gasteiger partial charge in [0.05, 0.1) is 0 Å². The summed E-state index contributed by atoms with van der Waals surface area (Å²) in [4.78, 5) is 16.5. The van der Waals surface area contributed by atoms with Gasteiger partial charge in [-0.25, -0.2) is 4.98 Å². The fraction of sp³-hybridized carbons (Fsp3) is 0. The summed E-state index contributed by atoms with van der Waals surface area (Å²) in [7, 11) is 0. The third-order valence-corrected chi connectivity index (χ3v) is 3.81. The van der Waals surface area contributed by atoms with Gasteiger partial charge in [-0.2, -0.15) is 0 Å². The van der Waals surface area contributed by atoms with Crippen LogP contribution in [0.2, 0.25) is 0 Å². The van der Waals surface area contributed by atoms with E-state index in [1.165, 1.54) is 11.3 Å². The minimum Gasteiger partial charge on any atom is -0.296 e. The van der Waals surface area contributed by atoms with E-state index in [1.807, 2.05) is 40.2 Å². The summed E-state index contributed by atoms with van der Waals surface area (Å²) < 4.78 is 2.82. The number of halogens is 1. The van der Waals surface area contributed by atoms with Crippen LogP contribution >= 0.6 is 27.3 Å². The van der Waals surface area contributed by atoms with Crippen LogP contribution in [-0.4, -0.2) is 15.7 Å². The molecule has 0 N–H and O–H groups in total. The van der Waals surface area contributed by atoms with Gasteiger partial charge < -0.3 is 0 Å². The van der Waals surface area contributed by atoms with Crippen LogP contribution in [-0.2, 0) is 0 Å². The van der Waals surface area contributed by atoms with Crippen molar-refractivity contribution in [3.05, 3.63) is 46.0 Å². The molecule has 0 atom stereocenters. The Bertz CT molecular complexity index is 684. The van der Waals surface area contributed by atoms with Gasteiger partial charge in [0.1, 0.15) is 11.4 Å². The van der Waals surface area contributed by atoms with Crippen molar-refractivity contribution in [3.63, 3.8) is 0 Å². The number of thiazole rings is 1. The van der Waals surface area contributed by atoms with Crippen LogP contribution < -0.4 is 0 Å². The molecule has 17 heavy (non-hydrogen) atoms. The maximum Gasteiger partial charge on any atom is 0.194 e. The van der Waals surface area contributed by atoms with E-state index >= 15 is 0 Å². The molecule has 0 aliphatic carbocycles. The molecular weight excluding hydrogens is 300 g/mol. The van der Waals surface area contributed by atoms with Gasteiger partial charge >= 0.3 is 0 Å². The van der Waals surface area contributed by atoms with Crippen molar-refractivity contribution in [2.45, 2.75) is 0 Å². The molecule has 0 aliphatic heterocycles. The first-order valence-electron chi connectivity index (χ1n) is 4.96. The number of nitrogens with zero attached hydrogens (tertiary/aromatic N) is 2. The van der Waals surface area contributed by atoms with Crippen LogP contribution in [0, 0.1) is 0 Å². The highest BCUT2D eigenvalue weighted by atomic mass is 79.9. The Kier molecular flexibility index (Phi) is 2.57. The summed E-state index contributed by atoms with van der Waals surface area (Å²) in [6, 6.07) is 7.78. The topological polar surface area (TPSA) is 34.4 Å². The number of fused-ring (bicyclic) bond motifs is 1. The molecule has 0 saturated carbocycles. The zero-order valence-corrected chi connectivity index (χ0v) is 11.0. The molecule has 3 aromatic rings. The standard InChI is InChI=1S/C12H7BrN2OS/c13-9-3-1-8(2-4-9)11-10(7-16)15-5-6-17-12(15)14-11/h1-7H. The molecule has 0 saturated heterocycles. The first-order chi connectivity index (χ1) is 8.29. The zero-order chi connectivity index (χ0) is 11.8. The number of aromatic nitrogens is 2. The Morgan fingerprint density at radius 3 is 2.76 bits per heavy atom. The van der Waals surface area contributed by atoms with Gasteiger partial charge in [0.25, 0.3) is 0 Å². The molecule has 2 aromatic heterocycles. The van der Waals surface area contributed by atoms with Crippen LogP contribution in [0.25, 0.3) is 16.2 Å². The van der Waals surface area contributed by atoms with Gasteiger partial charge in [-0.3, -0.25) is 9.20 Å². The Balaban J connectivity index is 2.25. The van der Waals surface area contributed by atoms with Crippen LogP contribution in [0.15, 0.2) is 40.3 Å². The number of carbonyl (C=O) groups is 1. The monoisotopic (exact) mass is 306 g/mol. The Labute approximate surface area is 110 Å². The molecule has 3 nitrogen and oxygen atoms in total. The van der Waals surface area contributed by atoms with Crippen LogP contribution in [0.5, 0.6) is 0 Å². The molecule has 0 amide bonds. The van der Waals surface area contributed by atoms with Crippen LogP contribution in [0.1, 0.15) is 10.5 Å². The van der Waals surface area contributed by atoms with Crippen molar-refractivity contribution in [1.29, 1.82) is 0 Å².